The van der Waals surface area contributed by atoms with E-state index < -0.39 is 0 Å². The SMILES string of the molecule is CCCCOc1cc(OC)cc(Br)c1C=O. The van der Waals surface area contributed by atoms with E-state index in [9.17, 15) is 4.79 Å². The van der Waals surface area contributed by atoms with Crippen LogP contribution in [0.15, 0.2) is 16.6 Å². The van der Waals surface area contributed by atoms with Crippen LogP contribution in [-0.2, 0) is 0 Å². The van der Waals surface area contributed by atoms with Gasteiger partial charge in [0.15, 0.2) is 6.29 Å². The van der Waals surface area contributed by atoms with E-state index in [-0.39, 0.29) is 0 Å². The highest BCUT2D eigenvalue weighted by molar-refractivity contribution is 9.10. The summed E-state index contributed by atoms with van der Waals surface area (Å²) in [5.74, 6) is 1.23. The van der Waals surface area contributed by atoms with E-state index in [2.05, 4.69) is 22.9 Å². The second kappa shape index (κ2) is 6.53. The Hall–Kier alpha value is -1.03. The molecule has 3 nitrogen and oxygen atoms in total. The molecule has 0 aliphatic heterocycles. The summed E-state index contributed by atoms with van der Waals surface area (Å²) in [7, 11) is 1.58. The van der Waals surface area contributed by atoms with E-state index in [1.54, 1.807) is 19.2 Å². The van der Waals surface area contributed by atoms with Crippen molar-refractivity contribution < 1.29 is 14.3 Å². The van der Waals surface area contributed by atoms with Crippen molar-refractivity contribution >= 4 is 22.2 Å². The van der Waals surface area contributed by atoms with Crippen LogP contribution < -0.4 is 9.47 Å². The molecule has 0 saturated carbocycles. The number of hydrogen-bond donors (Lipinski definition) is 0. The first-order chi connectivity index (χ1) is 7.72. The maximum absolute atomic E-state index is 10.9. The maximum Gasteiger partial charge on any atom is 0.154 e. The largest absolute Gasteiger partial charge is 0.497 e. The molecular weight excluding hydrogens is 272 g/mol. The van der Waals surface area contributed by atoms with Crippen molar-refractivity contribution in [3.8, 4) is 11.5 Å². The van der Waals surface area contributed by atoms with Crippen LogP contribution in [-0.4, -0.2) is 20.0 Å². The number of ether oxygens (including phenoxy) is 2. The molecule has 1 rings (SSSR count). The summed E-state index contributed by atoms with van der Waals surface area (Å²) in [6, 6.07) is 3.47. The van der Waals surface area contributed by atoms with Gasteiger partial charge in [-0.25, -0.2) is 0 Å². The number of methoxy groups -OCH3 is 1. The van der Waals surface area contributed by atoms with Crippen molar-refractivity contribution in [2.75, 3.05) is 13.7 Å². The Labute approximate surface area is 104 Å². The molecule has 0 N–H and O–H groups in total. The molecule has 16 heavy (non-hydrogen) atoms. The first-order valence-electron chi connectivity index (χ1n) is 5.18. The molecule has 0 atom stereocenters. The lowest BCUT2D eigenvalue weighted by atomic mass is 10.2. The fraction of sp³-hybridized carbons (Fsp3) is 0.417. The highest BCUT2D eigenvalue weighted by Crippen LogP contribution is 2.31. The molecule has 0 heterocycles. The van der Waals surface area contributed by atoms with Gasteiger partial charge in [0.2, 0.25) is 0 Å². The molecule has 0 saturated heterocycles. The molecular formula is C12H15BrO3. The van der Waals surface area contributed by atoms with Gasteiger partial charge in [0.1, 0.15) is 11.5 Å². The Morgan fingerprint density at radius 2 is 2.19 bits per heavy atom. The van der Waals surface area contributed by atoms with Crippen molar-refractivity contribution in [2.24, 2.45) is 0 Å². The van der Waals surface area contributed by atoms with E-state index in [4.69, 9.17) is 9.47 Å². The predicted molar refractivity (Wildman–Crippen MR) is 66.5 cm³/mol. The zero-order valence-electron chi connectivity index (χ0n) is 9.46. The van der Waals surface area contributed by atoms with Gasteiger partial charge in [0.25, 0.3) is 0 Å². The zero-order chi connectivity index (χ0) is 12.0. The fourth-order valence-electron chi connectivity index (χ4n) is 1.25. The van der Waals surface area contributed by atoms with Crippen LogP contribution >= 0.6 is 15.9 Å². The molecule has 1 aromatic carbocycles. The van der Waals surface area contributed by atoms with E-state index >= 15 is 0 Å². The van der Waals surface area contributed by atoms with Crippen LogP contribution in [0.1, 0.15) is 30.1 Å². The van der Waals surface area contributed by atoms with Crippen LogP contribution in [0.2, 0.25) is 0 Å². The first kappa shape index (κ1) is 13.0. The Morgan fingerprint density at radius 3 is 2.75 bits per heavy atom. The number of halogens is 1. The molecule has 1 aromatic rings. The lowest BCUT2D eigenvalue weighted by Crippen LogP contribution is -2.00. The van der Waals surface area contributed by atoms with Gasteiger partial charge in [-0.1, -0.05) is 13.3 Å². The minimum absolute atomic E-state index is 0.525. The van der Waals surface area contributed by atoms with Gasteiger partial charge in [-0.15, -0.1) is 0 Å². The molecule has 0 amide bonds. The Bertz CT molecular complexity index is 364. The Balaban J connectivity index is 2.93. The average Bonchev–Trinajstić information content (AvgIpc) is 2.29. The lowest BCUT2D eigenvalue weighted by Gasteiger charge is -2.11. The normalized spacial score (nSPS) is 9.94. The topological polar surface area (TPSA) is 35.5 Å². The number of unbranched alkanes of at least 4 members (excludes halogenated alkanes) is 1. The van der Waals surface area contributed by atoms with Crippen molar-refractivity contribution in [3.05, 3.63) is 22.2 Å². The second-order valence-electron chi connectivity index (χ2n) is 3.34. The molecule has 0 bridgehead atoms. The molecule has 0 aromatic heterocycles. The van der Waals surface area contributed by atoms with Crippen molar-refractivity contribution in [2.45, 2.75) is 19.8 Å². The van der Waals surface area contributed by atoms with E-state index in [0.717, 1.165) is 19.1 Å². The fourth-order valence-corrected chi connectivity index (χ4v) is 1.76. The first-order valence-corrected chi connectivity index (χ1v) is 5.97. The highest BCUT2D eigenvalue weighted by Gasteiger charge is 2.10. The van der Waals surface area contributed by atoms with Crippen LogP contribution in [0, 0.1) is 0 Å². The highest BCUT2D eigenvalue weighted by atomic mass is 79.9. The summed E-state index contributed by atoms with van der Waals surface area (Å²) in [4.78, 5) is 10.9. The van der Waals surface area contributed by atoms with E-state index in [0.29, 0.717) is 28.1 Å². The Kier molecular flexibility index (Phi) is 5.32. The smallest absolute Gasteiger partial charge is 0.154 e. The van der Waals surface area contributed by atoms with Crippen LogP contribution in [0.4, 0.5) is 0 Å². The van der Waals surface area contributed by atoms with Gasteiger partial charge in [0.05, 0.1) is 19.3 Å². The van der Waals surface area contributed by atoms with Crippen LogP contribution in [0.5, 0.6) is 11.5 Å². The maximum atomic E-state index is 10.9. The van der Waals surface area contributed by atoms with Gasteiger partial charge < -0.3 is 9.47 Å². The monoisotopic (exact) mass is 286 g/mol. The standard InChI is InChI=1S/C12H15BrO3/c1-3-4-5-16-12-7-9(15-2)6-11(13)10(12)8-14/h6-8H,3-5H2,1-2H3. The van der Waals surface area contributed by atoms with Gasteiger partial charge in [-0.2, -0.15) is 0 Å². The number of benzene rings is 1. The third-order valence-electron chi connectivity index (χ3n) is 2.17. The summed E-state index contributed by atoms with van der Waals surface area (Å²) in [5, 5.41) is 0. The van der Waals surface area contributed by atoms with Gasteiger partial charge >= 0.3 is 0 Å². The second-order valence-corrected chi connectivity index (χ2v) is 4.20. The summed E-state index contributed by atoms with van der Waals surface area (Å²) in [6.45, 7) is 2.70. The van der Waals surface area contributed by atoms with Crippen LogP contribution in [0.3, 0.4) is 0 Å². The minimum atomic E-state index is 0.525. The minimum Gasteiger partial charge on any atom is -0.497 e. The van der Waals surface area contributed by atoms with Gasteiger partial charge in [-0.05, 0) is 28.4 Å². The summed E-state index contributed by atoms with van der Waals surface area (Å²) in [6.07, 6.45) is 2.81. The quantitative estimate of drug-likeness (QED) is 0.594. The lowest BCUT2D eigenvalue weighted by molar-refractivity contribution is 0.111. The molecule has 0 radical (unpaired) electrons. The Morgan fingerprint density at radius 1 is 1.44 bits per heavy atom. The van der Waals surface area contributed by atoms with E-state index in [1.165, 1.54) is 0 Å². The van der Waals surface area contributed by atoms with E-state index in [1.807, 2.05) is 0 Å². The number of aldehydes is 1. The van der Waals surface area contributed by atoms with Crippen molar-refractivity contribution in [1.29, 1.82) is 0 Å². The van der Waals surface area contributed by atoms with Gasteiger partial charge in [0, 0.05) is 10.5 Å². The third kappa shape index (κ3) is 3.23. The molecule has 0 unspecified atom stereocenters. The van der Waals surface area contributed by atoms with Gasteiger partial charge in [-0.3, -0.25) is 4.79 Å². The summed E-state index contributed by atoms with van der Waals surface area (Å²) >= 11 is 3.32. The predicted octanol–water partition coefficient (Wildman–Crippen LogP) is 3.45. The van der Waals surface area contributed by atoms with Crippen LogP contribution in [0.25, 0.3) is 0 Å². The summed E-state index contributed by atoms with van der Waals surface area (Å²) in [5.41, 5.74) is 0.525. The van der Waals surface area contributed by atoms with Crippen molar-refractivity contribution in [1.82, 2.24) is 0 Å². The summed E-state index contributed by atoms with van der Waals surface area (Å²) < 4.78 is 11.4. The third-order valence-corrected chi connectivity index (χ3v) is 2.83. The molecule has 0 aliphatic carbocycles. The molecule has 0 aliphatic rings. The molecule has 88 valence electrons. The molecule has 4 heteroatoms. The molecule has 0 spiro atoms. The number of rotatable bonds is 6. The number of hydrogen-bond acceptors (Lipinski definition) is 3. The number of carbonyl (C=O) groups excluding carboxylic acids is 1. The molecule has 0 fully saturated rings. The zero-order valence-corrected chi connectivity index (χ0v) is 11.0. The number of carbonyl (C=O) groups is 1. The average molecular weight is 287 g/mol. The van der Waals surface area contributed by atoms with Crippen molar-refractivity contribution in [3.63, 3.8) is 0 Å².